The first-order valence-electron chi connectivity index (χ1n) is 8.88. The lowest BCUT2D eigenvalue weighted by molar-refractivity contribution is 0.0932. The van der Waals surface area contributed by atoms with Gasteiger partial charge in [0.15, 0.2) is 0 Å². The lowest BCUT2D eigenvalue weighted by Crippen LogP contribution is -2.39. The van der Waals surface area contributed by atoms with Crippen molar-refractivity contribution in [2.45, 2.75) is 19.4 Å². The van der Waals surface area contributed by atoms with Crippen LogP contribution < -0.4 is 11.1 Å². The van der Waals surface area contributed by atoms with Crippen molar-refractivity contribution in [1.82, 2.24) is 15.2 Å². The van der Waals surface area contributed by atoms with E-state index in [2.05, 4.69) is 22.2 Å². The largest absolute Gasteiger partial charge is 0.350 e. The van der Waals surface area contributed by atoms with Gasteiger partial charge in [-0.05, 0) is 55.6 Å². The van der Waals surface area contributed by atoms with E-state index in [0.717, 1.165) is 36.2 Å². The first-order chi connectivity index (χ1) is 12.2. The molecular formula is C20H26N4O. The van der Waals surface area contributed by atoms with Gasteiger partial charge >= 0.3 is 0 Å². The molecule has 2 heterocycles. The second-order valence-corrected chi connectivity index (χ2v) is 6.78. The Bertz CT molecular complexity index is 731. The number of hydrogen-bond acceptors (Lipinski definition) is 4. The molecule has 0 aliphatic carbocycles. The lowest BCUT2D eigenvalue weighted by atomic mass is 9.98. The number of rotatable bonds is 5. The third-order valence-corrected chi connectivity index (χ3v) is 4.77. The summed E-state index contributed by atoms with van der Waals surface area (Å²) in [7, 11) is 2.13. The number of nitrogens with one attached hydrogen (secondary N) is 1. The molecule has 1 saturated heterocycles. The van der Waals surface area contributed by atoms with Gasteiger partial charge in [-0.2, -0.15) is 0 Å². The van der Waals surface area contributed by atoms with Crippen LogP contribution in [-0.2, 0) is 6.54 Å². The topological polar surface area (TPSA) is 71.2 Å². The SMILES string of the molecule is CN1CCCC(CNC(=O)c2ncccc2-c2cccc(CN)c2)C1. The van der Waals surface area contributed by atoms with Crippen LogP contribution in [0.15, 0.2) is 42.6 Å². The predicted octanol–water partition coefficient (Wildman–Crippen LogP) is 2.28. The summed E-state index contributed by atoms with van der Waals surface area (Å²) in [5, 5.41) is 3.08. The van der Waals surface area contributed by atoms with Crippen molar-refractivity contribution in [1.29, 1.82) is 0 Å². The minimum absolute atomic E-state index is 0.109. The van der Waals surface area contributed by atoms with Gasteiger partial charge in [0.05, 0.1) is 0 Å². The molecule has 1 unspecified atom stereocenters. The van der Waals surface area contributed by atoms with Crippen LogP contribution in [0.25, 0.3) is 11.1 Å². The Morgan fingerprint density at radius 1 is 1.36 bits per heavy atom. The fourth-order valence-corrected chi connectivity index (χ4v) is 3.45. The molecule has 25 heavy (non-hydrogen) atoms. The maximum absolute atomic E-state index is 12.7. The van der Waals surface area contributed by atoms with Crippen molar-refractivity contribution >= 4 is 5.91 Å². The Kier molecular flexibility index (Phi) is 5.79. The number of carbonyl (C=O) groups is 1. The van der Waals surface area contributed by atoms with Gasteiger partial charge in [-0.1, -0.05) is 24.3 Å². The van der Waals surface area contributed by atoms with E-state index in [1.807, 2.05) is 36.4 Å². The van der Waals surface area contributed by atoms with Gasteiger partial charge in [0.1, 0.15) is 5.69 Å². The Labute approximate surface area is 149 Å². The highest BCUT2D eigenvalue weighted by molar-refractivity contribution is 5.98. The number of benzene rings is 1. The van der Waals surface area contributed by atoms with Crippen LogP contribution in [0.5, 0.6) is 0 Å². The minimum atomic E-state index is -0.109. The monoisotopic (exact) mass is 338 g/mol. The number of aromatic nitrogens is 1. The molecule has 1 aliphatic rings. The summed E-state index contributed by atoms with van der Waals surface area (Å²) in [6, 6.07) is 11.7. The van der Waals surface area contributed by atoms with Crippen molar-refractivity contribution in [2.24, 2.45) is 11.7 Å². The van der Waals surface area contributed by atoms with Gasteiger partial charge in [0, 0.05) is 31.4 Å². The fraction of sp³-hybridized carbons (Fsp3) is 0.400. The van der Waals surface area contributed by atoms with E-state index >= 15 is 0 Å². The maximum Gasteiger partial charge on any atom is 0.270 e. The first-order valence-corrected chi connectivity index (χ1v) is 8.88. The van der Waals surface area contributed by atoms with E-state index in [0.29, 0.717) is 24.7 Å². The summed E-state index contributed by atoms with van der Waals surface area (Å²) >= 11 is 0. The average molecular weight is 338 g/mol. The lowest BCUT2D eigenvalue weighted by Gasteiger charge is -2.29. The highest BCUT2D eigenvalue weighted by Crippen LogP contribution is 2.23. The molecule has 0 radical (unpaired) electrons. The van der Waals surface area contributed by atoms with E-state index < -0.39 is 0 Å². The highest BCUT2D eigenvalue weighted by atomic mass is 16.1. The van der Waals surface area contributed by atoms with Crippen LogP contribution in [0.3, 0.4) is 0 Å². The summed E-state index contributed by atoms with van der Waals surface area (Å²) < 4.78 is 0. The summed E-state index contributed by atoms with van der Waals surface area (Å²) in [5.41, 5.74) is 9.06. The van der Waals surface area contributed by atoms with Gasteiger partial charge in [-0.3, -0.25) is 9.78 Å². The van der Waals surface area contributed by atoms with Crippen LogP contribution >= 0.6 is 0 Å². The molecule has 1 aromatic carbocycles. The van der Waals surface area contributed by atoms with Crippen LogP contribution in [0, 0.1) is 5.92 Å². The van der Waals surface area contributed by atoms with Crippen molar-refractivity contribution in [3.63, 3.8) is 0 Å². The zero-order chi connectivity index (χ0) is 17.6. The van der Waals surface area contributed by atoms with Gasteiger partial charge in [-0.25, -0.2) is 0 Å². The number of carbonyl (C=O) groups excluding carboxylic acids is 1. The molecule has 3 N–H and O–H groups in total. The number of hydrogen-bond donors (Lipinski definition) is 2. The summed E-state index contributed by atoms with van der Waals surface area (Å²) in [5.74, 6) is 0.400. The maximum atomic E-state index is 12.7. The zero-order valence-electron chi connectivity index (χ0n) is 14.7. The molecule has 0 spiro atoms. The Morgan fingerprint density at radius 2 is 2.24 bits per heavy atom. The van der Waals surface area contributed by atoms with Gasteiger partial charge < -0.3 is 16.0 Å². The number of amides is 1. The third kappa shape index (κ3) is 4.44. The quantitative estimate of drug-likeness (QED) is 0.877. The van der Waals surface area contributed by atoms with Crippen LogP contribution in [0.4, 0.5) is 0 Å². The molecule has 132 valence electrons. The first kappa shape index (κ1) is 17.6. The Hall–Kier alpha value is -2.24. The molecule has 5 nitrogen and oxygen atoms in total. The molecule has 0 saturated carbocycles. The Morgan fingerprint density at radius 3 is 3.04 bits per heavy atom. The second kappa shape index (κ2) is 8.23. The normalized spacial score (nSPS) is 18.1. The van der Waals surface area contributed by atoms with Gasteiger partial charge in [0.25, 0.3) is 5.91 Å². The zero-order valence-corrected chi connectivity index (χ0v) is 14.7. The number of piperidine rings is 1. The molecule has 2 aromatic rings. The molecule has 1 atom stereocenters. The van der Waals surface area contributed by atoms with E-state index in [1.165, 1.54) is 6.42 Å². The van der Waals surface area contributed by atoms with Crippen molar-refractivity contribution in [2.75, 3.05) is 26.7 Å². The number of nitrogens with two attached hydrogens (primary N) is 1. The molecule has 1 fully saturated rings. The summed E-state index contributed by atoms with van der Waals surface area (Å²) in [4.78, 5) is 19.4. The van der Waals surface area contributed by atoms with Crippen LogP contribution in [-0.4, -0.2) is 42.5 Å². The fourth-order valence-electron chi connectivity index (χ4n) is 3.45. The van der Waals surface area contributed by atoms with Crippen molar-refractivity contribution < 1.29 is 4.79 Å². The van der Waals surface area contributed by atoms with E-state index in [1.54, 1.807) is 6.20 Å². The van der Waals surface area contributed by atoms with Crippen molar-refractivity contribution in [3.05, 3.63) is 53.9 Å². The van der Waals surface area contributed by atoms with Crippen LogP contribution in [0.2, 0.25) is 0 Å². The number of likely N-dealkylation sites (tertiary alicyclic amines) is 1. The summed E-state index contributed by atoms with van der Waals surface area (Å²) in [6.07, 6.45) is 4.02. The van der Waals surface area contributed by atoms with E-state index in [4.69, 9.17) is 5.73 Å². The summed E-state index contributed by atoms with van der Waals surface area (Å²) in [6.45, 7) is 3.35. The second-order valence-electron chi connectivity index (χ2n) is 6.78. The molecule has 1 amide bonds. The minimum Gasteiger partial charge on any atom is -0.350 e. The molecule has 5 heteroatoms. The van der Waals surface area contributed by atoms with Crippen molar-refractivity contribution in [3.8, 4) is 11.1 Å². The standard InChI is InChI=1S/C20H26N4O/c1-24-10-4-6-16(14-24)13-23-20(25)19-18(8-3-9-22-19)17-7-2-5-15(11-17)12-21/h2-3,5,7-9,11,16H,4,6,10,12-14,21H2,1H3,(H,23,25). The van der Waals surface area contributed by atoms with Gasteiger partial charge in [0.2, 0.25) is 0 Å². The predicted molar refractivity (Wildman–Crippen MR) is 100 cm³/mol. The molecule has 1 aliphatic heterocycles. The molecule has 3 rings (SSSR count). The Balaban J connectivity index is 1.74. The molecule has 1 aromatic heterocycles. The highest BCUT2D eigenvalue weighted by Gasteiger charge is 2.19. The van der Waals surface area contributed by atoms with Gasteiger partial charge in [-0.15, -0.1) is 0 Å². The average Bonchev–Trinajstić information content (AvgIpc) is 2.66. The molecule has 0 bridgehead atoms. The van der Waals surface area contributed by atoms with E-state index in [9.17, 15) is 4.79 Å². The number of nitrogens with zero attached hydrogens (tertiary/aromatic N) is 2. The molecular weight excluding hydrogens is 312 g/mol. The van der Waals surface area contributed by atoms with Crippen LogP contribution in [0.1, 0.15) is 28.9 Å². The smallest absolute Gasteiger partial charge is 0.270 e. The van der Waals surface area contributed by atoms with E-state index in [-0.39, 0.29) is 5.91 Å². The number of pyridine rings is 1. The third-order valence-electron chi connectivity index (χ3n) is 4.77.